The molecule has 0 amide bonds. The molecule has 0 saturated heterocycles. The molecule has 3 N–H and O–H groups in total. The van der Waals surface area contributed by atoms with Gasteiger partial charge in [0.15, 0.2) is 0 Å². The van der Waals surface area contributed by atoms with Gasteiger partial charge in [0.1, 0.15) is 0 Å². The number of benzene rings is 2. The van der Waals surface area contributed by atoms with Crippen LogP contribution in [0.2, 0.25) is 0 Å². The highest BCUT2D eigenvalue weighted by atomic mass is 16.4. The lowest BCUT2D eigenvalue weighted by Gasteiger charge is -2.35. The quantitative estimate of drug-likeness (QED) is 0.829. The molecule has 2 aromatic carbocycles. The second kappa shape index (κ2) is 5.13. The molecule has 1 aliphatic rings. The van der Waals surface area contributed by atoms with E-state index in [1.807, 2.05) is 18.2 Å². The third kappa shape index (κ3) is 2.44. The highest BCUT2D eigenvalue weighted by Crippen LogP contribution is 2.37. The summed E-state index contributed by atoms with van der Waals surface area (Å²) in [5.41, 5.74) is 9.72. The topological polar surface area (TPSA) is 66.6 Å². The number of nitrogens with two attached hydrogens (primary N) is 1. The van der Waals surface area contributed by atoms with Gasteiger partial charge in [-0.3, -0.25) is 0 Å². The Morgan fingerprint density at radius 1 is 1.24 bits per heavy atom. The van der Waals surface area contributed by atoms with E-state index in [1.165, 1.54) is 5.56 Å². The number of nitrogens with zero attached hydrogens (tertiary/aromatic N) is 1. The molecule has 1 heterocycles. The molecule has 21 heavy (non-hydrogen) atoms. The number of anilines is 3. The van der Waals surface area contributed by atoms with Crippen molar-refractivity contribution in [2.75, 3.05) is 17.2 Å². The van der Waals surface area contributed by atoms with E-state index in [1.54, 1.807) is 18.2 Å². The Morgan fingerprint density at radius 2 is 2.00 bits per heavy atom. The third-order valence-electron chi connectivity index (χ3n) is 3.89. The van der Waals surface area contributed by atoms with Gasteiger partial charge in [0.25, 0.3) is 0 Å². The summed E-state index contributed by atoms with van der Waals surface area (Å²) in [7, 11) is 0. The molecular weight excluding hydrogens is 264 g/mol. The monoisotopic (exact) mass is 282 g/mol. The first-order chi connectivity index (χ1) is 10.1. The molecule has 108 valence electrons. The van der Waals surface area contributed by atoms with Crippen LogP contribution in [0.4, 0.5) is 17.1 Å². The van der Waals surface area contributed by atoms with Gasteiger partial charge in [0.2, 0.25) is 0 Å². The first-order valence-electron chi connectivity index (χ1n) is 7.04. The minimum atomic E-state index is -0.930. The van der Waals surface area contributed by atoms with Gasteiger partial charge in [-0.1, -0.05) is 25.1 Å². The fourth-order valence-corrected chi connectivity index (χ4v) is 2.98. The third-order valence-corrected chi connectivity index (χ3v) is 3.89. The Bertz CT molecular complexity index is 697. The van der Waals surface area contributed by atoms with Crippen LogP contribution in [0.5, 0.6) is 0 Å². The molecule has 1 atom stereocenters. The van der Waals surface area contributed by atoms with E-state index in [0.717, 1.165) is 18.7 Å². The van der Waals surface area contributed by atoms with E-state index >= 15 is 0 Å². The minimum absolute atomic E-state index is 0.285. The van der Waals surface area contributed by atoms with Crippen LogP contribution in [0.25, 0.3) is 0 Å². The van der Waals surface area contributed by atoms with E-state index < -0.39 is 5.97 Å². The van der Waals surface area contributed by atoms with Crippen molar-refractivity contribution in [2.24, 2.45) is 5.92 Å². The molecule has 0 aromatic heterocycles. The van der Waals surface area contributed by atoms with Gasteiger partial charge in [0.05, 0.1) is 11.3 Å². The van der Waals surface area contributed by atoms with Gasteiger partial charge < -0.3 is 15.7 Å². The van der Waals surface area contributed by atoms with Crippen LogP contribution in [0, 0.1) is 5.92 Å². The average Bonchev–Trinajstić information content (AvgIpc) is 2.45. The fraction of sp³-hybridized carbons (Fsp3) is 0.235. The standard InChI is InChI=1S/C17H18N2O2/c1-11-8-12-4-2-3-5-15(12)19(10-11)16-9-13(18)6-7-14(16)17(20)21/h2-7,9,11H,8,10,18H2,1H3,(H,20,21). The van der Waals surface area contributed by atoms with Crippen molar-refractivity contribution >= 4 is 23.0 Å². The maximum absolute atomic E-state index is 11.5. The molecule has 0 radical (unpaired) electrons. The second-order valence-electron chi connectivity index (χ2n) is 5.63. The summed E-state index contributed by atoms with van der Waals surface area (Å²) < 4.78 is 0. The van der Waals surface area contributed by atoms with Crippen molar-refractivity contribution < 1.29 is 9.90 Å². The van der Waals surface area contributed by atoms with Crippen LogP contribution in [0.15, 0.2) is 42.5 Å². The predicted molar refractivity (Wildman–Crippen MR) is 84.1 cm³/mol. The lowest BCUT2D eigenvalue weighted by molar-refractivity contribution is 0.0697. The van der Waals surface area contributed by atoms with Gasteiger partial charge >= 0.3 is 5.97 Å². The summed E-state index contributed by atoms with van der Waals surface area (Å²) in [4.78, 5) is 13.6. The largest absolute Gasteiger partial charge is 0.478 e. The first-order valence-corrected chi connectivity index (χ1v) is 7.04. The zero-order chi connectivity index (χ0) is 15.0. The molecule has 0 aliphatic carbocycles. The van der Waals surface area contributed by atoms with E-state index in [4.69, 9.17) is 5.73 Å². The SMILES string of the molecule is CC1Cc2ccccc2N(c2cc(N)ccc2C(=O)O)C1. The summed E-state index contributed by atoms with van der Waals surface area (Å²) >= 11 is 0. The lowest BCUT2D eigenvalue weighted by atomic mass is 9.93. The second-order valence-corrected chi connectivity index (χ2v) is 5.63. The zero-order valence-electron chi connectivity index (χ0n) is 11.9. The maximum atomic E-state index is 11.5. The van der Waals surface area contributed by atoms with Crippen molar-refractivity contribution in [3.05, 3.63) is 53.6 Å². The Hall–Kier alpha value is -2.49. The van der Waals surface area contributed by atoms with Gasteiger partial charge in [-0.15, -0.1) is 0 Å². The number of carboxylic acids is 1. The molecule has 0 spiro atoms. The van der Waals surface area contributed by atoms with Crippen molar-refractivity contribution in [2.45, 2.75) is 13.3 Å². The highest BCUT2D eigenvalue weighted by Gasteiger charge is 2.25. The number of carbonyl (C=O) groups is 1. The van der Waals surface area contributed by atoms with Gasteiger partial charge in [-0.05, 0) is 42.2 Å². The summed E-state index contributed by atoms with van der Waals surface area (Å²) in [6, 6.07) is 13.1. The van der Waals surface area contributed by atoms with E-state index in [2.05, 4.69) is 17.9 Å². The molecule has 0 bridgehead atoms. The van der Waals surface area contributed by atoms with Gasteiger partial charge in [-0.2, -0.15) is 0 Å². The van der Waals surface area contributed by atoms with E-state index in [-0.39, 0.29) is 5.56 Å². The van der Waals surface area contributed by atoms with Crippen LogP contribution in [-0.4, -0.2) is 17.6 Å². The summed E-state index contributed by atoms with van der Waals surface area (Å²) in [5.74, 6) is -0.469. The van der Waals surface area contributed by atoms with E-state index in [9.17, 15) is 9.90 Å². The van der Waals surface area contributed by atoms with Crippen LogP contribution >= 0.6 is 0 Å². The zero-order valence-corrected chi connectivity index (χ0v) is 11.9. The molecule has 4 nitrogen and oxygen atoms in total. The number of fused-ring (bicyclic) bond motifs is 1. The van der Waals surface area contributed by atoms with Crippen molar-refractivity contribution in [3.63, 3.8) is 0 Å². The maximum Gasteiger partial charge on any atom is 0.337 e. The summed E-state index contributed by atoms with van der Waals surface area (Å²) in [6.45, 7) is 2.97. The Labute approximate surface area is 123 Å². The molecule has 0 fully saturated rings. The van der Waals surface area contributed by atoms with Crippen LogP contribution in [0.1, 0.15) is 22.8 Å². The van der Waals surface area contributed by atoms with E-state index in [0.29, 0.717) is 17.3 Å². The normalized spacial score (nSPS) is 17.4. The summed E-state index contributed by atoms with van der Waals surface area (Å²) in [5, 5.41) is 9.43. The number of aromatic carboxylic acids is 1. The molecular formula is C17H18N2O2. The minimum Gasteiger partial charge on any atom is -0.478 e. The van der Waals surface area contributed by atoms with Gasteiger partial charge in [0, 0.05) is 17.9 Å². The fourth-order valence-electron chi connectivity index (χ4n) is 2.98. The highest BCUT2D eigenvalue weighted by molar-refractivity contribution is 5.96. The van der Waals surface area contributed by atoms with Crippen molar-refractivity contribution in [3.8, 4) is 0 Å². The predicted octanol–water partition coefficient (Wildman–Crippen LogP) is 3.30. The number of hydrogen-bond acceptors (Lipinski definition) is 3. The number of hydrogen-bond donors (Lipinski definition) is 2. The lowest BCUT2D eigenvalue weighted by Crippen LogP contribution is -2.31. The molecule has 1 unspecified atom stereocenters. The van der Waals surface area contributed by atoms with Crippen LogP contribution < -0.4 is 10.6 Å². The molecule has 0 saturated carbocycles. The summed E-state index contributed by atoms with van der Waals surface area (Å²) in [6.07, 6.45) is 1.01. The molecule has 4 heteroatoms. The van der Waals surface area contributed by atoms with Crippen LogP contribution in [-0.2, 0) is 6.42 Å². The Kier molecular flexibility index (Phi) is 3.29. The first kappa shape index (κ1) is 13.5. The molecule has 3 rings (SSSR count). The van der Waals surface area contributed by atoms with Crippen molar-refractivity contribution in [1.29, 1.82) is 0 Å². The number of rotatable bonds is 2. The van der Waals surface area contributed by atoms with Crippen LogP contribution in [0.3, 0.4) is 0 Å². The smallest absolute Gasteiger partial charge is 0.337 e. The number of carboxylic acid groups (broad SMARTS) is 1. The molecule has 2 aromatic rings. The van der Waals surface area contributed by atoms with Gasteiger partial charge in [-0.25, -0.2) is 4.79 Å². The Balaban J connectivity index is 2.17. The van der Waals surface area contributed by atoms with Crippen molar-refractivity contribution in [1.82, 2.24) is 0 Å². The Morgan fingerprint density at radius 3 is 2.76 bits per heavy atom. The number of nitrogen functional groups attached to an aromatic ring is 1. The average molecular weight is 282 g/mol. The molecule has 1 aliphatic heterocycles. The number of para-hydroxylation sites is 1.